The molecule has 0 aromatic carbocycles. The highest BCUT2D eigenvalue weighted by molar-refractivity contribution is 7.17. The van der Waals surface area contributed by atoms with Crippen LogP contribution in [0.5, 0.6) is 0 Å². The molecule has 1 N–H and O–H groups in total. The summed E-state index contributed by atoms with van der Waals surface area (Å²) in [6, 6.07) is 4.34. The van der Waals surface area contributed by atoms with Crippen LogP contribution in [-0.2, 0) is 0 Å². The van der Waals surface area contributed by atoms with Gasteiger partial charge in [0.25, 0.3) is 0 Å². The average molecular weight is 330 g/mol. The zero-order valence-electron chi connectivity index (χ0n) is 12.7. The third-order valence-corrected chi connectivity index (χ3v) is 5.43. The maximum Gasteiger partial charge on any atom is 0.311 e. The van der Waals surface area contributed by atoms with Gasteiger partial charge < -0.3 is 5.32 Å². The lowest BCUT2D eigenvalue weighted by Gasteiger charge is -2.29. The van der Waals surface area contributed by atoms with E-state index in [4.69, 9.17) is 5.26 Å². The molecule has 0 radical (unpaired) electrons. The van der Waals surface area contributed by atoms with Gasteiger partial charge in [0.05, 0.1) is 21.2 Å². The largest absolute Gasteiger partial charge is 0.375 e. The molecule has 1 aliphatic rings. The van der Waals surface area contributed by atoms with Crippen LogP contribution in [0, 0.1) is 27.4 Å². The topological polar surface area (TPSA) is 91.8 Å². The van der Waals surface area contributed by atoms with Crippen molar-refractivity contribution in [2.24, 2.45) is 5.92 Å². The number of pyridine rings is 1. The van der Waals surface area contributed by atoms with Crippen molar-refractivity contribution < 1.29 is 4.92 Å². The zero-order chi connectivity index (χ0) is 16.2. The number of hydrogen-bond donors (Lipinski definition) is 1. The summed E-state index contributed by atoms with van der Waals surface area (Å²) in [5, 5.41) is 25.3. The van der Waals surface area contributed by atoms with Crippen LogP contribution >= 0.6 is 11.3 Å². The maximum atomic E-state index is 11.3. The molecule has 23 heavy (non-hydrogen) atoms. The minimum atomic E-state index is -0.368. The van der Waals surface area contributed by atoms with E-state index in [9.17, 15) is 10.1 Å². The number of aromatic nitrogens is 1. The Morgan fingerprint density at radius 1 is 1.43 bits per heavy atom. The number of nitro groups is 1. The summed E-state index contributed by atoms with van der Waals surface area (Å²) in [5.41, 5.74) is 1.45. The molecule has 0 bridgehead atoms. The van der Waals surface area contributed by atoms with Crippen LogP contribution in [0.15, 0.2) is 17.6 Å². The molecule has 0 aliphatic heterocycles. The van der Waals surface area contributed by atoms with E-state index in [2.05, 4.69) is 16.4 Å². The molecule has 0 saturated heterocycles. The van der Waals surface area contributed by atoms with Crippen molar-refractivity contribution in [3.63, 3.8) is 0 Å². The molecule has 1 aliphatic carbocycles. The third-order valence-electron chi connectivity index (χ3n) is 4.51. The molecule has 7 heteroatoms. The van der Waals surface area contributed by atoms with Crippen molar-refractivity contribution in [3.05, 3.63) is 27.8 Å². The number of rotatable bonds is 5. The van der Waals surface area contributed by atoms with Gasteiger partial charge in [0, 0.05) is 12.5 Å². The predicted octanol–water partition coefficient (Wildman–Crippen LogP) is 4.48. The van der Waals surface area contributed by atoms with E-state index in [0.717, 1.165) is 42.3 Å². The van der Waals surface area contributed by atoms with E-state index >= 15 is 0 Å². The second kappa shape index (κ2) is 6.92. The Balaban J connectivity index is 1.74. The monoisotopic (exact) mass is 330 g/mol. The second-order valence-corrected chi connectivity index (χ2v) is 6.89. The van der Waals surface area contributed by atoms with Crippen molar-refractivity contribution in [2.75, 3.05) is 5.32 Å². The molecule has 3 rings (SSSR count). The van der Waals surface area contributed by atoms with Crippen LogP contribution in [0.25, 0.3) is 10.2 Å². The van der Waals surface area contributed by atoms with Gasteiger partial charge in [0.1, 0.15) is 11.9 Å². The fraction of sp³-hybridized carbons (Fsp3) is 0.500. The van der Waals surface area contributed by atoms with Gasteiger partial charge in [-0.15, -0.1) is 11.3 Å². The lowest BCUT2D eigenvalue weighted by Crippen LogP contribution is -2.26. The Morgan fingerprint density at radius 2 is 2.22 bits per heavy atom. The highest BCUT2D eigenvalue weighted by atomic mass is 32.1. The summed E-state index contributed by atoms with van der Waals surface area (Å²) < 4.78 is 0.853. The summed E-state index contributed by atoms with van der Waals surface area (Å²) in [5.74, 6) is 0.613. The van der Waals surface area contributed by atoms with Crippen LogP contribution in [-0.4, -0.2) is 15.9 Å². The van der Waals surface area contributed by atoms with Crippen LogP contribution in [0.3, 0.4) is 0 Å². The fourth-order valence-electron chi connectivity index (χ4n) is 3.25. The molecule has 0 spiro atoms. The summed E-state index contributed by atoms with van der Waals surface area (Å²) in [7, 11) is 0. The van der Waals surface area contributed by atoms with Crippen LogP contribution in [0.1, 0.15) is 38.5 Å². The van der Waals surface area contributed by atoms with Crippen molar-refractivity contribution in [2.45, 2.75) is 44.6 Å². The van der Waals surface area contributed by atoms with Crippen LogP contribution in [0.4, 0.5) is 11.4 Å². The van der Waals surface area contributed by atoms with E-state index in [-0.39, 0.29) is 16.7 Å². The number of fused-ring (bicyclic) bond motifs is 1. The summed E-state index contributed by atoms with van der Waals surface area (Å²) >= 11 is 1.48. The summed E-state index contributed by atoms with van der Waals surface area (Å²) in [6.45, 7) is 0. The van der Waals surface area contributed by atoms with Crippen molar-refractivity contribution >= 4 is 32.9 Å². The molecule has 0 atom stereocenters. The molecule has 2 aromatic rings. The molecular formula is C16H18N4O2S. The zero-order valence-corrected chi connectivity index (χ0v) is 13.5. The molecule has 1 fully saturated rings. The van der Waals surface area contributed by atoms with E-state index in [0.29, 0.717) is 18.0 Å². The van der Waals surface area contributed by atoms with Gasteiger partial charge in [-0.2, -0.15) is 5.26 Å². The van der Waals surface area contributed by atoms with Crippen molar-refractivity contribution in [1.29, 1.82) is 5.26 Å². The fourth-order valence-corrected chi connectivity index (χ4v) is 4.10. The summed E-state index contributed by atoms with van der Waals surface area (Å²) in [6.07, 6.45) is 7.06. The van der Waals surface area contributed by atoms with Crippen LogP contribution in [0.2, 0.25) is 0 Å². The number of anilines is 1. The molecule has 0 amide bonds. The standard InChI is InChI=1S/C16H18N4O2S/c17-8-1-2-11-3-5-12(6-4-11)19-15-14(20(21)22)10-18-13-7-9-23-16(13)15/h7,9-12H,1-6H2,(H,18,19). The molecule has 2 heterocycles. The van der Waals surface area contributed by atoms with Gasteiger partial charge in [-0.3, -0.25) is 10.1 Å². The smallest absolute Gasteiger partial charge is 0.311 e. The Morgan fingerprint density at radius 3 is 2.91 bits per heavy atom. The first kappa shape index (κ1) is 15.7. The summed E-state index contributed by atoms with van der Waals surface area (Å²) in [4.78, 5) is 15.1. The minimum absolute atomic E-state index is 0.0477. The first-order valence-electron chi connectivity index (χ1n) is 7.83. The minimum Gasteiger partial charge on any atom is -0.375 e. The van der Waals surface area contributed by atoms with E-state index in [1.54, 1.807) is 0 Å². The van der Waals surface area contributed by atoms with E-state index < -0.39 is 0 Å². The van der Waals surface area contributed by atoms with Gasteiger partial charge in [-0.05, 0) is 49.5 Å². The van der Waals surface area contributed by atoms with E-state index in [1.807, 2.05) is 11.4 Å². The van der Waals surface area contributed by atoms with Gasteiger partial charge in [0.2, 0.25) is 0 Å². The highest BCUT2D eigenvalue weighted by Gasteiger charge is 2.25. The Hall–Kier alpha value is -2.20. The maximum absolute atomic E-state index is 11.3. The Kier molecular flexibility index (Phi) is 4.72. The Bertz CT molecular complexity index is 744. The quantitative estimate of drug-likeness (QED) is 0.644. The van der Waals surface area contributed by atoms with Gasteiger partial charge in [0.15, 0.2) is 0 Å². The average Bonchev–Trinajstić information content (AvgIpc) is 3.03. The predicted molar refractivity (Wildman–Crippen MR) is 90.5 cm³/mol. The molecule has 1 saturated carbocycles. The first-order chi connectivity index (χ1) is 11.2. The number of nitriles is 1. The SMILES string of the molecule is N#CCCC1CCC(Nc2c([N+](=O)[O-])cnc3ccsc23)CC1. The first-order valence-corrected chi connectivity index (χ1v) is 8.71. The van der Waals surface area contributed by atoms with E-state index in [1.165, 1.54) is 17.5 Å². The number of thiophene rings is 1. The number of nitrogens with one attached hydrogen (secondary N) is 1. The normalized spacial score (nSPS) is 21.0. The number of hydrogen-bond acceptors (Lipinski definition) is 6. The highest BCUT2D eigenvalue weighted by Crippen LogP contribution is 2.37. The number of nitrogens with zero attached hydrogens (tertiary/aromatic N) is 3. The van der Waals surface area contributed by atoms with Crippen molar-refractivity contribution in [1.82, 2.24) is 4.98 Å². The van der Waals surface area contributed by atoms with Crippen molar-refractivity contribution in [3.8, 4) is 6.07 Å². The molecule has 2 aromatic heterocycles. The molecular weight excluding hydrogens is 312 g/mol. The van der Waals surface area contributed by atoms with Gasteiger partial charge >= 0.3 is 5.69 Å². The molecule has 0 unspecified atom stereocenters. The molecule has 6 nitrogen and oxygen atoms in total. The second-order valence-electron chi connectivity index (χ2n) is 5.97. The molecule has 120 valence electrons. The van der Waals surface area contributed by atoms with Gasteiger partial charge in [-0.25, -0.2) is 4.98 Å². The lowest BCUT2D eigenvalue weighted by molar-refractivity contribution is -0.384. The van der Waals surface area contributed by atoms with Gasteiger partial charge in [-0.1, -0.05) is 0 Å². The Labute approximate surface area is 138 Å². The van der Waals surface area contributed by atoms with Crippen LogP contribution < -0.4 is 5.32 Å². The third kappa shape index (κ3) is 3.42. The lowest BCUT2D eigenvalue weighted by atomic mass is 9.83.